The molecule has 0 saturated carbocycles. The van der Waals surface area contributed by atoms with Gasteiger partial charge in [-0.05, 0) is 43.4 Å². The number of nitro groups is 1. The number of para-hydroxylation sites is 1. The first-order valence-electron chi connectivity index (χ1n) is 9.60. The molecule has 0 aromatic heterocycles. The van der Waals surface area contributed by atoms with Gasteiger partial charge in [-0.15, -0.1) is 12.4 Å². The number of nitrogens with two attached hydrogens (primary N) is 1. The van der Waals surface area contributed by atoms with Crippen LogP contribution in [0.3, 0.4) is 0 Å². The van der Waals surface area contributed by atoms with E-state index < -0.39 is 25.6 Å². The molecule has 0 unspecified atom stereocenters. The first-order valence-corrected chi connectivity index (χ1v) is 11.0. The van der Waals surface area contributed by atoms with Gasteiger partial charge in [-0.25, -0.2) is 0 Å². The molecule has 174 valence electrons. The lowest BCUT2D eigenvalue weighted by Crippen LogP contribution is -2.32. The lowest BCUT2D eigenvalue weighted by molar-refractivity contribution is -0.387. The summed E-state index contributed by atoms with van der Waals surface area (Å²) in [5.74, 6) is 5.64. The van der Waals surface area contributed by atoms with E-state index in [-0.39, 0.29) is 24.1 Å². The Morgan fingerprint density at radius 1 is 1.25 bits per heavy atom. The van der Waals surface area contributed by atoms with Crippen molar-refractivity contribution in [1.82, 2.24) is 4.90 Å². The van der Waals surface area contributed by atoms with E-state index in [0.717, 1.165) is 49.2 Å². The summed E-state index contributed by atoms with van der Waals surface area (Å²) in [5.41, 5.74) is 1.07. The average Bonchev–Trinajstić information content (AvgIpc) is 2.74. The number of nitrogens with zero attached hydrogens (tertiary/aromatic N) is 3. The Morgan fingerprint density at radius 3 is 2.50 bits per heavy atom. The van der Waals surface area contributed by atoms with Crippen LogP contribution in [0.15, 0.2) is 46.4 Å². The molecule has 2 aromatic carbocycles. The smallest absolute Gasteiger partial charge is 0.346 e. The van der Waals surface area contributed by atoms with Crippen LogP contribution in [0.25, 0.3) is 0 Å². The number of benzene rings is 2. The van der Waals surface area contributed by atoms with Gasteiger partial charge in [0.15, 0.2) is 16.4 Å². The highest BCUT2D eigenvalue weighted by Gasteiger charge is 2.30. The minimum Gasteiger partial charge on any atom is -0.492 e. The Balaban J connectivity index is 0.00000363. The van der Waals surface area contributed by atoms with Crippen LogP contribution in [-0.4, -0.2) is 44.8 Å². The first-order chi connectivity index (χ1) is 14.8. The number of methoxy groups -OCH3 is 1. The van der Waals surface area contributed by atoms with E-state index in [1.165, 1.54) is 19.2 Å². The summed E-state index contributed by atoms with van der Waals surface area (Å²) in [6.07, 6.45) is 3.18. The maximum atomic E-state index is 12.9. The highest BCUT2D eigenvalue weighted by molar-refractivity contribution is 7.87. The third-order valence-corrected chi connectivity index (χ3v) is 6.45. The predicted octanol–water partition coefficient (Wildman–Crippen LogP) is 3.18. The van der Waals surface area contributed by atoms with Gasteiger partial charge >= 0.3 is 10.1 Å². The molecule has 3 rings (SSSR count). The van der Waals surface area contributed by atoms with Crippen molar-refractivity contribution >= 4 is 34.6 Å². The van der Waals surface area contributed by atoms with E-state index in [1.807, 2.05) is 17.9 Å². The molecule has 32 heavy (non-hydrogen) atoms. The molecule has 10 nitrogen and oxygen atoms in total. The molecule has 12 heteroatoms. The fraction of sp³-hybridized carbons (Fsp3) is 0.350. The zero-order chi connectivity index (χ0) is 22.6. The Morgan fingerprint density at radius 2 is 1.91 bits per heavy atom. The van der Waals surface area contributed by atoms with Crippen LogP contribution in [-0.2, 0) is 10.1 Å². The van der Waals surface area contributed by atoms with Gasteiger partial charge in [-0.2, -0.15) is 13.5 Å². The number of hydrogen-bond donors (Lipinski definition) is 1. The molecule has 1 saturated heterocycles. The van der Waals surface area contributed by atoms with Crippen molar-refractivity contribution < 1.29 is 22.3 Å². The summed E-state index contributed by atoms with van der Waals surface area (Å²) >= 11 is 0. The number of ether oxygens (including phenoxy) is 1. The summed E-state index contributed by atoms with van der Waals surface area (Å²) < 4.78 is 36.7. The second kappa shape index (κ2) is 10.5. The van der Waals surface area contributed by atoms with Crippen molar-refractivity contribution in [3.05, 3.63) is 57.6 Å². The van der Waals surface area contributed by atoms with Crippen LogP contribution < -0.4 is 14.8 Å². The zero-order valence-electron chi connectivity index (χ0n) is 17.6. The van der Waals surface area contributed by atoms with Gasteiger partial charge in [0.1, 0.15) is 6.34 Å². The number of likely N-dealkylation sites (tertiary alicyclic amines) is 1. The maximum Gasteiger partial charge on any atom is 0.346 e. The molecule has 0 atom stereocenters. The van der Waals surface area contributed by atoms with Crippen molar-refractivity contribution in [2.24, 2.45) is 10.9 Å². The summed E-state index contributed by atoms with van der Waals surface area (Å²) in [5, 5.41) is 14.8. The number of aryl methyl sites for hydroxylation is 1. The Hall–Kier alpha value is -3.05. The van der Waals surface area contributed by atoms with Crippen LogP contribution in [0.4, 0.5) is 5.69 Å². The minimum absolute atomic E-state index is 0. The Labute approximate surface area is 192 Å². The molecular weight excluding hydrogens is 460 g/mol. The van der Waals surface area contributed by atoms with Crippen LogP contribution >= 0.6 is 12.4 Å². The lowest BCUT2D eigenvalue weighted by Gasteiger charge is -2.31. The van der Waals surface area contributed by atoms with E-state index >= 15 is 0 Å². The highest BCUT2D eigenvalue weighted by Crippen LogP contribution is 2.42. The van der Waals surface area contributed by atoms with Crippen LogP contribution in [0.2, 0.25) is 0 Å². The van der Waals surface area contributed by atoms with Gasteiger partial charge in [0, 0.05) is 24.7 Å². The standard InChI is InChI=1S/C20H24N4O6S.ClH/c1-14-11-16(15-7-9-23(10-8-15)13-22-21)20(29-2)18(12-14)30-31(27,28)19-6-4-3-5-17(19)24(25)26;/h3-6,11-13,15H,7-10,21H2,1-2H3;1H. The molecule has 0 amide bonds. The Kier molecular flexibility index (Phi) is 8.28. The number of halogens is 1. The summed E-state index contributed by atoms with van der Waals surface area (Å²) in [6, 6.07) is 8.55. The van der Waals surface area contributed by atoms with Crippen LogP contribution in [0, 0.1) is 17.0 Å². The highest BCUT2D eigenvalue weighted by atomic mass is 35.5. The number of hydrogen-bond acceptors (Lipinski definition) is 8. The molecule has 1 aliphatic rings. The van der Waals surface area contributed by atoms with Gasteiger partial charge in [0.25, 0.3) is 5.69 Å². The van der Waals surface area contributed by atoms with Crippen LogP contribution in [0.5, 0.6) is 11.5 Å². The molecule has 2 N–H and O–H groups in total. The van der Waals surface area contributed by atoms with Crippen molar-refractivity contribution in [2.75, 3.05) is 20.2 Å². The molecule has 2 aromatic rings. The summed E-state index contributed by atoms with van der Waals surface area (Å²) in [6.45, 7) is 3.31. The monoisotopic (exact) mass is 484 g/mol. The zero-order valence-corrected chi connectivity index (χ0v) is 19.3. The second-order valence-electron chi connectivity index (χ2n) is 7.22. The molecule has 1 aliphatic heterocycles. The third-order valence-electron chi connectivity index (χ3n) is 5.16. The topological polar surface area (TPSA) is 137 Å². The van der Waals surface area contributed by atoms with Gasteiger partial charge in [0.2, 0.25) is 0 Å². The average molecular weight is 485 g/mol. The lowest BCUT2D eigenvalue weighted by atomic mass is 9.88. The molecule has 1 fully saturated rings. The number of nitro benzene ring substituents is 1. The Bertz CT molecular complexity index is 1100. The molecule has 0 spiro atoms. The van der Waals surface area contributed by atoms with Crippen molar-refractivity contribution in [2.45, 2.75) is 30.6 Å². The molecule has 0 bridgehead atoms. The van der Waals surface area contributed by atoms with Gasteiger partial charge < -0.3 is 19.7 Å². The molecular formula is C20H25ClN4O6S. The number of rotatable bonds is 7. The number of piperidine rings is 1. The van der Waals surface area contributed by atoms with Gasteiger partial charge in [-0.3, -0.25) is 10.1 Å². The molecule has 1 heterocycles. The third kappa shape index (κ3) is 5.40. The van der Waals surface area contributed by atoms with E-state index in [9.17, 15) is 18.5 Å². The minimum atomic E-state index is -4.46. The SMILES string of the molecule is COc1c(OS(=O)(=O)c2ccccc2[N+](=O)[O-])cc(C)cc1C1CCN(C=NN)CC1.Cl. The quantitative estimate of drug-likeness (QED) is 0.158. The van der Waals surface area contributed by atoms with Crippen molar-refractivity contribution in [3.8, 4) is 11.5 Å². The first kappa shape index (κ1) is 25.2. The molecule has 0 aliphatic carbocycles. The summed E-state index contributed by atoms with van der Waals surface area (Å²) in [4.78, 5) is 12.0. The van der Waals surface area contributed by atoms with Crippen molar-refractivity contribution in [3.63, 3.8) is 0 Å². The van der Waals surface area contributed by atoms with E-state index in [2.05, 4.69) is 5.10 Å². The largest absolute Gasteiger partial charge is 0.492 e. The van der Waals surface area contributed by atoms with Crippen LogP contribution in [0.1, 0.15) is 29.9 Å². The number of hydrazone groups is 1. The van der Waals surface area contributed by atoms with Crippen molar-refractivity contribution in [1.29, 1.82) is 0 Å². The fourth-order valence-corrected chi connectivity index (χ4v) is 4.85. The predicted molar refractivity (Wildman–Crippen MR) is 122 cm³/mol. The fourth-order valence-electron chi connectivity index (χ4n) is 3.75. The molecule has 0 radical (unpaired) electrons. The summed E-state index contributed by atoms with van der Waals surface area (Å²) in [7, 11) is -3.02. The van der Waals surface area contributed by atoms with Gasteiger partial charge in [0.05, 0.1) is 12.0 Å². The maximum absolute atomic E-state index is 12.9. The van der Waals surface area contributed by atoms with E-state index in [1.54, 1.807) is 12.4 Å². The van der Waals surface area contributed by atoms with E-state index in [0.29, 0.717) is 5.75 Å². The van der Waals surface area contributed by atoms with Gasteiger partial charge in [-0.1, -0.05) is 18.2 Å². The second-order valence-corrected chi connectivity index (χ2v) is 8.74. The van der Waals surface area contributed by atoms with E-state index in [4.69, 9.17) is 14.8 Å². The normalized spacial score (nSPS) is 14.8.